The molecule has 2 fully saturated rings. The van der Waals surface area contributed by atoms with E-state index in [-0.39, 0.29) is 0 Å². The zero-order chi connectivity index (χ0) is 12.9. The SMILES string of the molecule is c1ccc(C[C@@H](NCC2CC2)C2CCCCC2)cc1. The molecule has 0 unspecified atom stereocenters. The number of benzene rings is 1. The highest BCUT2D eigenvalue weighted by molar-refractivity contribution is 5.16. The average Bonchev–Trinajstić information content (AvgIpc) is 3.30. The van der Waals surface area contributed by atoms with Crippen LogP contribution in [0.2, 0.25) is 0 Å². The van der Waals surface area contributed by atoms with Crippen molar-refractivity contribution in [2.24, 2.45) is 11.8 Å². The summed E-state index contributed by atoms with van der Waals surface area (Å²) in [6, 6.07) is 11.8. The Morgan fingerprint density at radius 2 is 1.68 bits per heavy atom. The van der Waals surface area contributed by atoms with Crippen LogP contribution in [0.1, 0.15) is 50.5 Å². The summed E-state index contributed by atoms with van der Waals surface area (Å²) in [4.78, 5) is 0. The second-order valence-corrected chi connectivity index (χ2v) is 6.55. The molecule has 0 heterocycles. The minimum atomic E-state index is 0.711. The fraction of sp³-hybridized carbons (Fsp3) is 0.667. The summed E-state index contributed by atoms with van der Waals surface area (Å²) in [6.07, 6.45) is 11.4. The lowest BCUT2D eigenvalue weighted by molar-refractivity contribution is 0.265. The molecule has 0 spiro atoms. The molecular formula is C18H27N. The topological polar surface area (TPSA) is 12.0 Å². The highest BCUT2D eigenvalue weighted by Gasteiger charge is 2.27. The van der Waals surface area contributed by atoms with E-state index in [1.807, 2.05) is 0 Å². The van der Waals surface area contributed by atoms with E-state index in [1.165, 1.54) is 63.5 Å². The van der Waals surface area contributed by atoms with E-state index in [2.05, 4.69) is 35.6 Å². The van der Waals surface area contributed by atoms with Gasteiger partial charge in [0, 0.05) is 6.04 Å². The molecule has 0 aliphatic heterocycles. The molecule has 0 amide bonds. The van der Waals surface area contributed by atoms with E-state index >= 15 is 0 Å². The molecule has 2 aliphatic rings. The summed E-state index contributed by atoms with van der Waals surface area (Å²) in [5, 5.41) is 3.90. The summed E-state index contributed by atoms with van der Waals surface area (Å²) >= 11 is 0. The van der Waals surface area contributed by atoms with Gasteiger partial charge in [-0.1, -0.05) is 49.6 Å². The van der Waals surface area contributed by atoms with Gasteiger partial charge >= 0.3 is 0 Å². The van der Waals surface area contributed by atoms with Gasteiger partial charge in [-0.25, -0.2) is 0 Å². The van der Waals surface area contributed by atoms with Crippen LogP contribution in [0.5, 0.6) is 0 Å². The van der Waals surface area contributed by atoms with Crippen LogP contribution in [0.3, 0.4) is 0 Å². The molecule has 19 heavy (non-hydrogen) atoms. The van der Waals surface area contributed by atoms with Gasteiger partial charge < -0.3 is 5.32 Å². The first-order chi connectivity index (χ1) is 9.42. The molecule has 0 saturated heterocycles. The van der Waals surface area contributed by atoms with Gasteiger partial charge in [-0.3, -0.25) is 0 Å². The second kappa shape index (κ2) is 6.56. The molecule has 0 aromatic heterocycles. The van der Waals surface area contributed by atoms with Crippen LogP contribution in [-0.2, 0) is 6.42 Å². The van der Waals surface area contributed by atoms with Crippen molar-refractivity contribution in [1.82, 2.24) is 5.32 Å². The Morgan fingerprint density at radius 3 is 2.37 bits per heavy atom. The van der Waals surface area contributed by atoms with Crippen LogP contribution in [-0.4, -0.2) is 12.6 Å². The number of nitrogens with one attached hydrogen (secondary N) is 1. The van der Waals surface area contributed by atoms with Crippen molar-refractivity contribution in [2.45, 2.75) is 57.4 Å². The number of hydrogen-bond acceptors (Lipinski definition) is 1. The second-order valence-electron chi connectivity index (χ2n) is 6.55. The van der Waals surface area contributed by atoms with E-state index in [0.717, 1.165) is 11.8 Å². The van der Waals surface area contributed by atoms with Crippen molar-refractivity contribution >= 4 is 0 Å². The van der Waals surface area contributed by atoms with Crippen LogP contribution in [0.15, 0.2) is 30.3 Å². The van der Waals surface area contributed by atoms with E-state index < -0.39 is 0 Å². The molecule has 0 bridgehead atoms. The Kier molecular flexibility index (Phi) is 4.55. The van der Waals surface area contributed by atoms with Crippen molar-refractivity contribution in [3.05, 3.63) is 35.9 Å². The molecule has 104 valence electrons. The van der Waals surface area contributed by atoms with Crippen molar-refractivity contribution in [2.75, 3.05) is 6.54 Å². The van der Waals surface area contributed by atoms with Gasteiger partial charge in [-0.2, -0.15) is 0 Å². The van der Waals surface area contributed by atoms with Crippen molar-refractivity contribution in [1.29, 1.82) is 0 Å². The van der Waals surface area contributed by atoms with Gasteiger partial charge in [-0.15, -0.1) is 0 Å². The Balaban J connectivity index is 1.60. The molecule has 1 aromatic rings. The molecule has 3 rings (SSSR count). The van der Waals surface area contributed by atoms with E-state index in [1.54, 1.807) is 0 Å². The lowest BCUT2D eigenvalue weighted by Crippen LogP contribution is -2.40. The van der Waals surface area contributed by atoms with Crippen LogP contribution < -0.4 is 5.32 Å². The van der Waals surface area contributed by atoms with E-state index in [4.69, 9.17) is 0 Å². The first-order valence-electron chi connectivity index (χ1n) is 8.19. The standard InChI is InChI=1S/C18H27N/c1-3-7-15(8-4-1)13-18(19-14-16-11-12-16)17-9-5-2-6-10-17/h1,3-4,7-8,16-19H,2,5-6,9-14H2/t18-/m1/s1. The van der Waals surface area contributed by atoms with Crippen LogP contribution >= 0.6 is 0 Å². The Hall–Kier alpha value is -0.820. The van der Waals surface area contributed by atoms with Gasteiger partial charge in [-0.05, 0) is 56.0 Å². The highest BCUT2D eigenvalue weighted by Crippen LogP contribution is 2.31. The van der Waals surface area contributed by atoms with E-state index in [0.29, 0.717) is 6.04 Å². The quantitative estimate of drug-likeness (QED) is 0.806. The van der Waals surface area contributed by atoms with Gasteiger partial charge in [0.2, 0.25) is 0 Å². The zero-order valence-corrected chi connectivity index (χ0v) is 12.0. The minimum Gasteiger partial charge on any atom is -0.313 e. The van der Waals surface area contributed by atoms with Crippen LogP contribution in [0.25, 0.3) is 0 Å². The normalized spacial score (nSPS) is 22.3. The van der Waals surface area contributed by atoms with Crippen LogP contribution in [0, 0.1) is 11.8 Å². The number of hydrogen-bond donors (Lipinski definition) is 1. The fourth-order valence-corrected chi connectivity index (χ4v) is 3.45. The fourth-order valence-electron chi connectivity index (χ4n) is 3.45. The molecule has 1 aromatic carbocycles. The van der Waals surface area contributed by atoms with Gasteiger partial charge in [0.25, 0.3) is 0 Å². The Morgan fingerprint density at radius 1 is 0.947 bits per heavy atom. The van der Waals surface area contributed by atoms with Gasteiger partial charge in [0.15, 0.2) is 0 Å². The minimum absolute atomic E-state index is 0.711. The molecule has 2 saturated carbocycles. The lowest BCUT2D eigenvalue weighted by Gasteiger charge is -2.31. The maximum Gasteiger partial charge on any atom is 0.0136 e. The van der Waals surface area contributed by atoms with Crippen LogP contribution in [0.4, 0.5) is 0 Å². The van der Waals surface area contributed by atoms with Crippen molar-refractivity contribution in [3.63, 3.8) is 0 Å². The third-order valence-corrected chi connectivity index (χ3v) is 4.88. The predicted octanol–water partition coefficient (Wildman–Crippen LogP) is 4.18. The molecule has 1 heteroatoms. The first-order valence-corrected chi connectivity index (χ1v) is 8.19. The molecule has 1 N–H and O–H groups in total. The third-order valence-electron chi connectivity index (χ3n) is 4.88. The Bertz CT molecular complexity index is 363. The lowest BCUT2D eigenvalue weighted by atomic mass is 9.81. The largest absolute Gasteiger partial charge is 0.313 e. The maximum atomic E-state index is 3.90. The summed E-state index contributed by atoms with van der Waals surface area (Å²) in [7, 11) is 0. The molecular weight excluding hydrogens is 230 g/mol. The Labute approximate surface area is 117 Å². The molecule has 2 aliphatic carbocycles. The maximum absolute atomic E-state index is 3.90. The monoisotopic (exact) mass is 257 g/mol. The zero-order valence-electron chi connectivity index (χ0n) is 12.0. The smallest absolute Gasteiger partial charge is 0.0136 e. The third kappa shape index (κ3) is 4.07. The molecule has 1 atom stereocenters. The predicted molar refractivity (Wildman–Crippen MR) is 81.2 cm³/mol. The first kappa shape index (κ1) is 13.2. The summed E-state index contributed by atoms with van der Waals surface area (Å²) < 4.78 is 0. The molecule has 0 radical (unpaired) electrons. The molecule has 1 nitrogen and oxygen atoms in total. The summed E-state index contributed by atoms with van der Waals surface area (Å²) in [5.41, 5.74) is 1.50. The van der Waals surface area contributed by atoms with E-state index in [9.17, 15) is 0 Å². The summed E-state index contributed by atoms with van der Waals surface area (Å²) in [5.74, 6) is 1.90. The number of rotatable bonds is 6. The van der Waals surface area contributed by atoms with Crippen molar-refractivity contribution in [3.8, 4) is 0 Å². The van der Waals surface area contributed by atoms with Gasteiger partial charge in [0.05, 0.1) is 0 Å². The average molecular weight is 257 g/mol. The highest BCUT2D eigenvalue weighted by atomic mass is 14.9. The van der Waals surface area contributed by atoms with Gasteiger partial charge in [0.1, 0.15) is 0 Å². The summed E-state index contributed by atoms with van der Waals surface area (Å²) in [6.45, 7) is 1.26. The van der Waals surface area contributed by atoms with Crippen molar-refractivity contribution < 1.29 is 0 Å².